The SMILES string of the molecule is O=C1c2ccccc2C(=O)N1CCCCCCCCCCCCc1ccccn1. The van der Waals surface area contributed by atoms with Gasteiger partial charge in [-0.05, 0) is 43.5 Å². The summed E-state index contributed by atoms with van der Waals surface area (Å²) in [6, 6.07) is 13.2. The molecule has 2 amide bonds. The van der Waals surface area contributed by atoms with E-state index in [1.165, 1.54) is 62.0 Å². The van der Waals surface area contributed by atoms with E-state index in [1.54, 1.807) is 12.1 Å². The Bertz CT molecular complexity index is 753. The summed E-state index contributed by atoms with van der Waals surface area (Å²) in [6.07, 6.45) is 15.1. The van der Waals surface area contributed by atoms with E-state index in [0.717, 1.165) is 19.3 Å². The van der Waals surface area contributed by atoms with Crippen LogP contribution in [0.15, 0.2) is 48.7 Å². The zero-order valence-corrected chi connectivity index (χ0v) is 17.3. The molecule has 4 nitrogen and oxygen atoms in total. The van der Waals surface area contributed by atoms with Gasteiger partial charge in [-0.2, -0.15) is 0 Å². The molecule has 0 saturated carbocycles. The van der Waals surface area contributed by atoms with Crippen molar-refractivity contribution in [1.29, 1.82) is 0 Å². The van der Waals surface area contributed by atoms with Crippen molar-refractivity contribution >= 4 is 11.8 Å². The topological polar surface area (TPSA) is 50.3 Å². The van der Waals surface area contributed by atoms with Gasteiger partial charge in [-0.25, -0.2) is 0 Å². The van der Waals surface area contributed by atoms with Gasteiger partial charge in [-0.3, -0.25) is 19.5 Å². The lowest BCUT2D eigenvalue weighted by Gasteiger charge is -2.13. The highest BCUT2D eigenvalue weighted by atomic mass is 16.2. The first kappa shape index (κ1) is 21.2. The van der Waals surface area contributed by atoms with E-state index in [1.807, 2.05) is 24.4 Å². The third-order valence-electron chi connectivity index (χ3n) is 5.67. The Balaban J connectivity index is 1.15. The van der Waals surface area contributed by atoms with Gasteiger partial charge in [0.15, 0.2) is 0 Å². The van der Waals surface area contributed by atoms with Crippen LogP contribution >= 0.6 is 0 Å². The van der Waals surface area contributed by atoms with E-state index in [2.05, 4.69) is 17.1 Å². The predicted octanol–water partition coefficient (Wildman–Crippen LogP) is 5.82. The Morgan fingerprint density at radius 1 is 0.621 bits per heavy atom. The molecule has 0 bridgehead atoms. The van der Waals surface area contributed by atoms with Crippen LogP contribution in [-0.2, 0) is 6.42 Å². The number of aryl methyl sites for hydroxylation is 1. The number of nitrogens with zero attached hydrogens (tertiary/aromatic N) is 2. The first-order chi connectivity index (χ1) is 14.3. The molecule has 0 saturated heterocycles. The van der Waals surface area contributed by atoms with Gasteiger partial charge in [0, 0.05) is 18.4 Å². The summed E-state index contributed by atoms with van der Waals surface area (Å²) in [5.74, 6) is -0.262. The fourth-order valence-electron chi connectivity index (χ4n) is 3.98. The Morgan fingerprint density at radius 3 is 1.69 bits per heavy atom. The molecule has 0 fully saturated rings. The second-order valence-corrected chi connectivity index (χ2v) is 7.91. The molecular weight excluding hydrogens is 360 g/mol. The van der Waals surface area contributed by atoms with E-state index >= 15 is 0 Å². The number of benzene rings is 1. The molecule has 1 aliphatic rings. The summed E-state index contributed by atoms with van der Waals surface area (Å²) in [6.45, 7) is 0.544. The highest BCUT2D eigenvalue weighted by Crippen LogP contribution is 2.23. The van der Waals surface area contributed by atoms with Crippen molar-refractivity contribution in [2.45, 2.75) is 70.6 Å². The summed E-state index contributed by atoms with van der Waals surface area (Å²) in [4.78, 5) is 30.4. The molecule has 2 heterocycles. The molecule has 0 atom stereocenters. The van der Waals surface area contributed by atoms with Crippen LogP contribution in [0.1, 0.15) is 90.6 Å². The van der Waals surface area contributed by atoms with Gasteiger partial charge < -0.3 is 0 Å². The van der Waals surface area contributed by atoms with Crippen LogP contribution in [0.3, 0.4) is 0 Å². The Morgan fingerprint density at radius 2 is 1.14 bits per heavy atom. The molecule has 0 aliphatic carbocycles. The van der Waals surface area contributed by atoms with Gasteiger partial charge >= 0.3 is 0 Å². The maximum Gasteiger partial charge on any atom is 0.261 e. The lowest BCUT2D eigenvalue weighted by atomic mass is 10.0. The Hall–Kier alpha value is -2.49. The molecule has 0 N–H and O–H groups in total. The zero-order chi connectivity index (χ0) is 20.3. The molecule has 3 rings (SSSR count). The van der Waals surface area contributed by atoms with Crippen molar-refractivity contribution < 1.29 is 9.59 Å². The number of fused-ring (bicyclic) bond motifs is 1. The minimum absolute atomic E-state index is 0.131. The lowest BCUT2D eigenvalue weighted by molar-refractivity contribution is 0.0651. The van der Waals surface area contributed by atoms with Crippen LogP contribution in [0.25, 0.3) is 0 Å². The van der Waals surface area contributed by atoms with Gasteiger partial charge in [0.1, 0.15) is 0 Å². The van der Waals surface area contributed by atoms with Gasteiger partial charge in [-0.1, -0.05) is 69.6 Å². The Labute approximate surface area is 174 Å². The van der Waals surface area contributed by atoms with Gasteiger partial charge in [0.25, 0.3) is 11.8 Å². The molecule has 1 aromatic carbocycles. The van der Waals surface area contributed by atoms with E-state index in [9.17, 15) is 9.59 Å². The monoisotopic (exact) mass is 392 g/mol. The van der Waals surface area contributed by atoms with Crippen LogP contribution in [0.4, 0.5) is 0 Å². The molecule has 1 aliphatic heterocycles. The summed E-state index contributed by atoms with van der Waals surface area (Å²) in [5, 5.41) is 0. The van der Waals surface area contributed by atoms with Crippen LogP contribution in [-0.4, -0.2) is 28.2 Å². The number of hydrogen-bond acceptors (Lipinski definition) is 3. The van der Waals surface area contributed by atoms with Crippen LogP contribution in [0.5, 0.6) is 0 Å². The summed E-state index contributed by atoms with van der Waals surface area (Å²) >= 11 is 0. The first-order valence-corrected chi connectivity index (χ1v) is 11.1. The third kappa shape index (κ3) is 6.25. The average Bonchev–Trinajstić information content (AvgIpc) is 3.00. The van der Waals surface area contributed by atoms with Crippen LogP contribution < -0.4 is 0 Å². The molecule has 4 heteroatoms. The van der Waals surface area contributed by atoms with Gasteiger partial charge in [0.2, 0.25) is 0 Å². The third-order valence-corrected chi connectivity index (χ3v) is 5.67. The molecule has 2 aromatic rings. The minimum Gasteiger partial charge on any atom is -0.274 e. The zero-order valence-electron chi connectivity index (χ0n) is 17.3. The molecule has 0 radical (unpaired) electrons. The van der Waals surface area contributed by atoms with Gasteiger partial charge in [0.05, 0.1) is 11.1 Å². The summed E-state index contributed by atoms with van der Waals surface area (Å²) in [7, 11) is 0. The number of carbonyl (C=O) groups excluding carboxylic acids is 2. The predicted molar refractivity (Wildman–Crippen MR) is 116 cm³/mol. The number of imide groups is 1. The number of carbonyl (C=O) groups is 2. The van der Waals surface area contributed by atoms with E-state index < -0.39 is 0 Å². The number of rotatable bonds is 13. The molecule has 154 valence electrons. The van der Waals surface area contributed by atoms with Crippen molar-refractivity contribution in [2.75, 3.05) is 6.54 Å². The number of aromatic nitrogens is 1. The number of hydrogen-bond donors (Lipinski definition) is 0. The second kappa shape index (κ2) is 11.5. The molecule has 1 aromatic heterocycles. The molecule has 0 spiro atoms. The average molecular weight is 393 g/mol. The second-order valence-electron chi connectivity index (χ2n) is 7.91. The van der Waals surface area contributed by atoms with E-state index in [0.29, 0.717) is 17.7 Å². The van der Waals surface area contributed by atoms with E-state index in [4.69, 9.17) is 0 Å². The fourth-order valence-corrected chi connectivity index (χ4v) is 3.98. The number of unbranched alkanes of at least 4 members (excludes halogenated alkanes) is 9. The van der Waals surface area contributed by atoms with Crippen LogP contribution in [0, 0.1) is 0 Å². The van der Waals surface area contributed by atoms with Crippen molar-refractivity contribution in [2.24, 2.45) is 0 Å². The molecular formula is C25H32N2O2. The number of amides is 2. The largest absolute Gasteiger partial charge is 0.274 e. The normalized spacial score (nSPS) is 13.2. The van der Waals surface area contributed by atoms with Crippen molar-refractivity contribution in [3.63, 3.8) is 0 Å². The minimum atomic E-state index is -0.131. The Kier molecular flexibility index (Phi) is 8.41. The fraction of sp³-hybridized carbons (Fsp3) is 0.480. The lowest BCUT2D eigenvalue weighted by Crippen LogP contribution is -2.30. The summed E-state index contributed by atoms with van der Waals surface area (Å²) < 4.78 is 0. The summed E-state index contributed by atoms with van der Waals surface area (Å²) in [5.41, 5.74) is 2.31. The van der Waals surface area contributed by atoms with Gasteiger partial charge in [-0.15, -0.1) is 0 Å². The van der Waals surface area contributed by atoms with Crippen molar-refractivity contribution in [3.8, 4) is 0 Å². The van der Waals surface area contributed by atoms with Crippen molar-refractivity contribution in [1.82, 2.24) is 9.88 Å². The standard InChI is InChI=1S/C25H32N2O2/c28-24-22-17-10-11-18-23(22)25(29)27(24)20-14-8-6-4-2-1-3-5-7-9-15-21-16-12-13-19-26-21/h10-13,16-19H,1-9,14-15,20H2. The maximum absolute atomic E-state index is 12.3. The van der Waals surface area contributed by atoms with Crippen molar-refractivity contribution in [3.05, 3.63) is 65.5 Å². The van der Waals surface area contributed by atoms with E-state index in [-0.39, 0.29) is 11.8 Å². The highest BCUT2D eigenvalue weighted by Gasteiger charge is 2.34. The maximum atomic E-state index is 12.3. The smallest absolute Gasteiger partial charge is 0.261 e. The quantitative estimate of drug-likeness (QED) is 0.319. The highest BCUT2D eigenvalue weighted by molar-refractivity contribution is 6.21. The first-order valence-electron chi connectivity index (χ1n) is 11.1. The van der Waals surface area contributed by atoms with Crippen LogP contribution in [0.2, 0.25) is 0 Å². The number of pyridine rings is 1. The molecule has 0 unspecified atom stereocenters. The molecule has 29 heavy (non-hydrogen) atoms.